The van der Waals surface area contributed by atoms with Gasteiger partial charge in [-0.15, -0.1) is 0 Å². The molecule has 1 aliphatic heterocycles. The monoisotopic (exact) mass is 894 g/mol. The van der Waals surface area contributed by atoms with Crippen LogP contribution in [0.1, 0.15) is 95.0 Å². The molecule has 2 radical (unpaired) electrons. The SMILES string of the molecule is [B]c1ccc(C(C)(CC)C(C=Cc2ccc(-c3ccc4c(c3)C(C)(C)c3cccc5c6ccccc6n-4c35)cc2-c2c3ccccc3cc[n+]2C)CC)c(-c2nccc3c(CCCC)cccc23)c1. The molecule has 0 N–H and O–H groups in total. The van der Waals surface area contributed by atoms with Gasteiger partial charge in [-0.1, -0.05) is 175 Å². The summed E-state index contributed by atoms with van der Waals surface area (Å²) in [5.74, 6) is 0.218. The molecule has 1 aliphatic rings. The van der Waals surface area contributed by atoms with Crippen LogP contribution in [-0.2, 0) is 24.3 Å². The number of hydrogen-bond donors (Lipinski definition) is 0. The van der Waals surface area contributed by atoms with Crippen molar-refractivity contribution in [2.24, 2.45) is 13.0 Å². The Labute approximate surface area is 409 Å². The molecule has 69 heavy (non-hydrogen) atoms. The predicted octanol–water partition coefficient (Wildman–Crippen LogP) is 15.5. The lowest BCUT2D eigenvalue weighted by Gasteiger charge is -2.37. The zero-order chi connectivity index (χ0) is 47.6. The molecule has 0 saturated carbocycles. The van der Waals surface area contributed by atoms with Crippen LogP contribution in [-0.4, -0.2) is 17.4 Å². The summed E-state index contributed by atoms with van der Waals surface area (Å²) in [4.78, 5) is 5.12. The van der Waals surface area contributed by atoms with Crippen LogP contribution in [0.15, 0.2) is 170 Å². The van der Waals surface area contributed by atoms with Crippen LogP contribution < -0.4 is 10.0 Å². The molecule has 0 amide bonds. The van der Waals surface area contributed by atoms with Crippen LogP contribution >= 0.6 is 0 Å². The first-order valence-corrected chi connectivity index (χ1v) is 25.2. The van der Waals surface area contributed by atoms with Gasteiger partial charge in [0.1, 0.15) is 14.9 Å². The number of para-hydroxylation sites is 2. The van der Waals surface area contributed by atoms with Gasteiger partial charge in [0, 0.05) is 39.4 Å². The van der Waals surface area contributed by atoms with Crippen LogP contribution in [0.2, 0.25) is 0 Å². The minimum absolute atomic E-state index is 0.199. The highest BCUT2D eigenvalue weighted by Gasteiger charge is 2.37. The van der Waals surface area contributed by atoms with Gasteiger partial charge in [0.05, 0.1) is 33.4 Å². The Hall–Kier alpha value is -7.04. The third kappa shape index (κ3) is 7.25. The number of rotatable bonds is 12. The van der Waals surface area contributed by atoms with Gasteiger partial charge in [0.2, 0.25) is 5.69 Å². The van der Waals surface area contributed by atoms with E-state index in [1.165, 1.54) is 112 Å². The van der Waals surface area contributed by atoms with E-state index in [0.29, 0.717) is 0 Å². The van der Waals surface area contributed by atoms with Crippen LogP contribution in [0.4, 0.5) is 0 Å². The number of benzene rings is 7. The first-order chi connectivity index (χ1) is 33.5. The molecule has 11 rings (SSSR count). The van der Waals surface area contributed by atoms with Gasteiger partial charge < -0.3 is 4.57 Å². The maximum Gasteiger partial charge on any atom is 0.220 e. The third-order valence-electron chi connectivity index (χ3n) is 16.1. The van der Waals surface area contributed by atoms with E-state index in [-0.39, 0.29) is 16.7 Å². The van der Waals surface area contributed by atoms with Gasteiger partial charge in [-0.3, -0.25) is 4.98 Å². The zero-order valence-electron chi connectivity index (χ0n) is 41.3. The molecule has 0 fully saturated rings. The molecule has 0 saturated heterocycles. The van der Waals surface area contributed by atoms with Crippen LogP contribution in [0.3, 0.4) is 0 Å². The van der Waals surface area contributed by atoms with E-state index in [0.717, 1.165) is 36.0 Å². The average molecular weight is 895 g/mol. The second-order valence-electron chi connectivity index (χ2n) is 20.3. The molecule has 3 nitrogen and oxygen atoms in total. The third-order valence-corrected chi connectivity index (χ3v) is 16.1. The first kappa shape index (κ1) is 44.5. The minimum Gasteiger partial charge on any atom is -0.309 e. The summed E-state index contributed by atoms with van der Waals surface area (Å²) in [5.41, 5.74) is 17.7. The van der Waals surface area contributed by atoms with Crippen molar-refractivity contribution < 1.29 is 4.57 Å². The van der Waals surface area contributed by atoms with E-state index >= 15 is 0 Å². The fraction of sp³-hybridized carbons (Fsp3) is 0.231. The highest BCUT2D eigenvalue weighted by Crippen LogP contribution is 2.49. The van der Waals surface area contributed by atoms with Crippen LogP contribution in [0.5, 0.6) is 0 Å². The van der Waals surface area contributed by atoms with Crippen molar-refractivity contribution in [3.8, 4) is 39.3 Å². The van der Waals surface area contributed by atoms with Gasteiger partial charge in [-0.25, -0.2) is 4.57 Å². The second kappa shape index (κ2) is 17.5. The molecular formula is C65H61BN3+. The maximum atomic E-state index is 6.66. The number of unbranched alkanes of at least 4 members (excludes halogenated alkanes) is 1. The van der Waals surface area contributed by atoms with Gasteiger partial charge in [-0.2, -0.15) is 0 Å². The molecule has 0 bridgehead atoms. The van der Waals surface area contributed by atoms with E-state index in [4.69, 9.17) is 12.8 Å². The number of nitrogens with zero attached hydrogens (tertiary/aromatic N) is 3. The van der Waals surface area contributed by atoms with Crippen molar-refractivity contribution >= 4 is 62.7 Å². The Morgan fingerprint density at radius 2 is 1.46 bits per heavy atom. The number of aromatic nitrogens is 3. The van der Waals surface area contributed by atoms with Crippen molar-refractivity contribution in [2.75, 3.05) is 0 Å². The van der Waals surface area contributed by atoms with E-state index in [1.807, 2.05) is 6.20 Å². The van der Waals surface area contributed by atoms with Gasteiger partial charge in [-0.05, 0) is 123 Å². The summed E-state index contributed by atoms with van der Waals surface area (Å²) in [6, 6.07) is 56.5. The van der Waals surface area contributed by atoms with Crippen LogP contribution in [0.25, 0.3) is 88.8 Å². The fourth-order valence-corrected chi connectivity index (χ4v) is 12.1. The second-order valence-corrected chi connectivity index (χ2v) is 20.3. The molecule has 2 unspecified atom stereocenters. The predicted molar refractivity (Wildman–Crippen MR) is 294 cm³/mol. The van der Waals surface area contributed by atoms with E-state index in [9.17, 15) is 0 Å². The van der Waals surface area contributed by atoms with Crippen molar-refractivity contribution in [1.82, 2.24) is 9.55 Å². The molecule has 338 valence electrons. The van der Waals surface area contributed by atoms with Crippen molar-refractivity contribution in [3.63, 3.8) is 0 Å². The quantitative estimate of drug-likeness (QED) is 0.0884. The molecule has 0 aliphatic carbocycles. The molecular weight excluding hydrogens is 834 g/mol. The lowest BCUT2D eigenvalue weighted by atomic mass is 9.66. The Morgan fingerprint density at radius 1 is 0.710 bits per heavy atom. The van der Waals surface area contributed by atoms with Crippen LogP contribution in [0, 0.1) is 5.92 Å². The smallest absolute Gasteiger partial charge is 0.220 e. The number of hydrogen-bond acceptors (Lipinski definition) is 1. The van der Waals surface area contributed by atoms with Crippen molar-refractivity contribution in [2.45, 2.75) is 84.5 Å². The Bertz CT molecular complexity index is 3660. The van der Waals surface area contributed by atoms with E-state index in [2.05, 4.69) is 228 Å². The maximum absolute atomic E-state index is 6.66. The fourth-order valence-electron chi connectivity index (χ4n) is 12.1. The minimum atomic E-state index is -0.215. The molecule has 4 heterocycles. The summed E-state index contributed by atoms with van der Waals surface area (Å²) in [7, 11) is 8.85. The molecule has 2 atom stereocenters. The van der Waals surface area contributed by atoms with Crippen molar-refractivity contribution in [1.29, 1.82) is 0 Å². The number of pyridine rings is 2. The van der Waals surface area contributed by atoms with Crippen molar-refractivity contribution in [3.05, 3.63) is 198 Å². The number of fused-ring (bicyclic) bond motifs is 7. The van der Waals surface area contributed by atoms with E-state index in [1.54, 1.807) is 0 Å². The zero-order valence-corrected chi connectivity index (χ0v) is 41.3. The summed E-state index contributed by atoms with van der Waals surface area (Å²) >= 11 is 0. The Kier molecular flexibility index (Phi) is 11.3. The van der Waals surface area contributed by atoms with E-state index < -0.39 is 0 Å². The average Bonchev–Trinajstić information content (AvgIpc) is 3.72. The number of aryl methyl sites for hydroxylation is 2. The summed E-state index contributed by atoms with van der Waals surface area (Å²) < 4.78 is 4.80. The lowest BCUT2D eigenvalue weighted by molar-refractivity contribution is -0.659. The lowest BCUT2D eigenvalue weighted by Crippen LogP contribution is -2.31. The topological polar surface area (TPSA) is 21.7 Å². The Balaban J connectivity index is 1.04. The normalized spacial score (nSPS) is 14.5. The summed E-state index contributed by atoms with van der Waals surface area (Å²) in [5, 5.41) is 7.56. The molecule has 7 aromatic carbocycles. The Morgan fingerprint density at radius 3 is 2.29 bits per heavy atom. The summed E-state index contributed by atoms with van der Waals surface area (Å²) in [6.45, 7) is 14.2. The largest absolute Gasteiger partial charge is 0.309 e. The first-order valence-electron chi connectivity index (χ1n) is 25.2. The number of allylic oxidation sites excluding steroid dienone is 1. The highest BCUT2D eigenvalue weighted by molar-refractivity contribution is 6.32. The standard InChI is InChI=1S/C65H61BN3/c1-8-11-18-42-20-16-23-52-49(42)35-37-67-61(52)55-41-48(66)32-33-56(55)65(6,10-3)47(9-2)31-29-44-27-28-45(39-54(44)62-50-21-13-12-19-43(50)36-38-68(62)7)46-30-34-60-58(40-46)64(4,5)57-25-17-24-53-51-22-14-15-26-59(51)69(60)63(53)57/h12-17,19-41,47H,8-11,18H2,1-7H3/q+1. The van der Waals surface area contributed by atoms with Gasteiger partial charge >= 0.3 is 0 Å². The highest BCUT2D eigenvalue weighted by atomic mass is 15.0. The summed E-state index contributed by atoms with van der Waals surface area (Å²) in [6.07, 6.45) is 14.4. The molecule has 4 heteroatoms. The van der Waals surface area contributed by atoms with Gasteiger partial charge in [0.15, 0.2) is 6.20 Å². The van der Waals surface area contributed by atoms with Gasteiger partial charge in [0.25, 0.3) is 0 Å². The molecule has 0 spiro atoms. The molecule has 3 aromatic heterocycles. The molecule has 10 aromatic rings.